The van der Waals surface area contributed by atoms with E-state index in [9.17, 15) is 57.8 Å². The maximum atomic E-state index is 13.5. The SMILES string of the molecule is CC1C2CC(CC2CC(C)(C(F)(F)F)C(F)(F)F)C1CC1C(C)C2CC(CC(O)(C(F)(F)F)C(F)(F)F)C1C2. The highest BCUT2D eigenvalue weighted by Crippen LogP contribution is 2.66. The Bertz CT molecular complexity index is 873. The number of halogens is 12. The number of aliphatic hydroxyl groups is 1. The minimum Gasteiger partial charge on any atom is -0.374 e. The lowest BCUT2D eigenvalue weighted by Gasteiger charge is -2.43. The van der Waals surface area contributed by atoms with E-state index < -0.39 is 66.3 Å². The molecule has 0 saturated heterocycles. The van der Waals surface area contributed by atoms with Crippen LogP contribution in [0.3, 0.4) is 0 Å². The molecular weight excluding hydrogens is 556 g/mol. The van der Waals surface area contributed by atoms with Gasteiger partial charge in [0.15, 0.2) is 5.41 Å². The molecule has 4 saturated carbocycles. The van der Waals surface area contributed by atoms with Gasteiger partial charge in [0.05, 0.1) is 0 Å². The Balaban J connectivity index is 1.46. The fourth-order valence-electron chi connectivity index (χ4n) is 9.11. The normalized spacial score (nSPS) is 39.7. The zero-order valence-electron chi connectivity index (χ0n) is 21.7. The molecule has 4 aliphatic rings. The molecule has 1 N–H and O–H groups in total. The summed E-state index contributed by atoms with van der Waals surface area (Å²) in [6.07, 6.45) is -23.5. The first-order chi connectivity index (χ1) is 17.4. The first kappa shape index (κ1) is 31.1. The van der Waals surface area contributed by atoms with Crippen molar-refractivity contribution in [1.82, 2.24) is 0 Å². The van der Waals surface area contributed by atoms with E-state index in [-0.39, 0.29) is 61.2 Å². The second-order valence-corrected chi connectivity index (χ2v) is 13.2. The lowest BCUT2D eigenvalue weighted by molar-refractivity contribution is -0.373. The van der Waals surface area contributed by atoms with Gasteiger partial charge in [0, 0.05) is 0 Å². The van der Waals surface area contributed by atoms with E-state index >= 15 is 0 Å². The van der Waals surface area contributed by atoms with E-state index in [1.54, 1.807) is 6.92 Å². The number of alkyl halides is 12. The number of hydrogen-bond donors (Lipinski definition) is 1. The summed E-state index contributed by atoms with van der Waals surface area (Å²) in [6.45, 7) is 3.90. The van der Waals surface area contributed by atoms with Crippen LogP contribution in [0.15, 0.2) is 0 Å². The molecule has 10 atom stereocenters. The molecule has 1 nitrogen and oxygen atoms in total. The summed E-state index contributed by atoms with van der Waals surface area (Å²) in [5.74, 6) is -3.23. The molecule has 0 radical (unpaired) electrons. The molecule has 0 heterocycles. The Labute approximate surface area is 219 Å². The van der Waals surface area contributed by atoms with Crippen molar-refractivity contribution in [1.29, 1.82) is 0 Å². The lowest BCUT2D eigenvalue weighted by atomic mass is 9.63. The Hall–Kier alpha value is -0.880. The van der Waals surface area contributed by atoms with Gasteiger partial charge in [-0.3, -0.25) is 0 Å². The zero-order chi connectivity index (χ0) is 29.7. The van der Waals surface area contributed by atoms with Gasteiger partial charge in [-0.15, -0.1) is 0 Å². The monoisotopic (exact) mass is 590 g/mol. The van der Waals surface area contributed by atoms with Crippen molar-refractivity contribution in [3.8, 4) is 0 Å². The van der Waals surface area contributed by atoms with Crippen molar-refractivity contribution in [2.24, 2.45) is 64.6 Å². The number of fused-ring (bicyclic) bond motifs is 4. The summed E-state index contributed by atoms with van der Waals surface area (Å²) in [7, 11) is 0. The van der Waals surface area contributed by atoms with Gasteiger partial charge in [-0.05, 0) is 111 Å². The second kappa shape index (κ2) is 9.31. The van der Waals surface area contributed by atoms with Gasteiger partial charge in [-0.25, -0.2) is 0 Å². The Morgan fingerprint density at radius 2 is 1.03 bits per heavy atom. The Morgan fingerprint density at radius 3 is 1.46 bits per heavy atom. The quantitative estimate of drug-likeness (QED) is 0.306. The van der Waals surface area contributed by atoms with Gasteiger partial charge < -0.3 is 5.11 Å². The summed E-state index contributed by atoms with van der Waals surface area (Å²) in [4.78, 5) is 0. The van der Waals surface area contributed by atoms with Crippen molar-refractivity contribution >= 4 is 0 Å². The minimum atomic E-state index is -5.89. The summed E-state index contributed by atoms with van der Waals surface area (Å²) >= 11 is 0. The highest BCUT2D eigenvalue weighted by molar-refractivity contribution is 5.08. The minimum absolute atomic E-state index is 0.0250. The maximum absolute atomic E-state index is 13.5. The molecular formula is C26H34F12O. The fraction of sp³-hybridized carbons (Fsp3) is 1.00. The van der Waals surface area contributed by atoms with Gasteiger partial charge in [0.25, 0.3) is 5.60 Å². The summed E-state index contributed by atoms with van der Waals surface area (Å²) < 4.78 is 161. The van der Waals surface area contributed by atoms with Crippen molar-refractivity contribution in [3.63, 3.8) is 0 Å². The molecule has 0 aromatic carbocycles. The third-order valence-electron chi connectivity index (χ3n) is 11.5. The van der Waals surface area contributed by atoms with Gasteiger partial charge in [-0.1, -0.05) is 13.8 Å². The molecule has 4 aliphatic carbocycles. The summed E-state index contributed by atoms with van der Waals surface area (Å²) in [5.41, 5.74) is -8.63. The number of hydrogen-bond acceptors (Lipinski definition) is 1. The Morgan fingerprint density at radius 1 is 0.564 bits per heavy atom. The average molecular weight is 591 g/mol. The van der Waals surface area contributed by atoms with Crippen LogP contribution < -0.4 is 0 Å². The maximum Gasteiger partial charge on any atom is 0.426 e. The third kappa shape index (κ3) is 4.85. The van der Waals surface area contributed by atoms with Crippen LogP contribution in [-0.4, -0.2) is 35.4 Å². The van der Waals surface area contributed by atoms with Crippen molar-refractivity contribution in [3.05, 3.63) is 0 Å². The molecule has 0 aliphatic heterocycles. The molecule has 0 spiro atoms. The van der Waals surface area contributed by atoms with E-state index in [0.717, 1.165) is 0 Å². The van der Waals surface area contributed by atoms with E-state index in [2.05, 4.69) is 0 Å². The first-order valence-electron chi connectivity index (χ1n) is 13.4. The molecule has 0 aromatic heterocycles. The van der Waals surface area contributed by atoms with Crippen molar-refractivity contribution < 1.29 is 57.8 Å². The van der Waals surface area contributed by atoms with Crippen LogP contribution in [0.2, 0.25) is 0 Å². The van der Waals surface area contributed by atoms with E-state index in [1.165, 1.54) is 0 Å². The zero-order valence-corrected chi connectivity index (χ0v) is 21.7. The smallest absolute Gasteiger partial charge is 0.374 e. The summed E-state index contributed by atoms with van der Waals surface area (Å²) in [5, 5.41) is 9.76. The molecule has 39 heavy (non-hydrogen) atoms. The molecule has 4 bridgehead atoms. The molecule has 0 aromatic rings. The van der Waals surface area contributed by atoms with E-state index in [1.807, 2.05) is 6.92 Å². The standard InChI is InChI=1S/C26H34F12O/c1-11-13-4-16(10-22(39,25(33,34)35)26(36,37)38)20(6-13)19(11)8-18-12(2)17-7-14(18)5-15(17)9-21(3,23(27,28)29)24(30,31)32/h11-20,39H,4-10H2,1-3H3. The van der Waals surface area contributed by atoms with Gasteiger partial charge in [-0.2, -0.15) is 52.7 Å². The van der Waals surface area contributed by atoms with Crippen LogP contribution in [0.4, 0.5) is 52.7 Å². The van der Waals surface area contributed by atoms with E-state index in [4.69, 9.17) is 0 Å². The molecule has 13 heteroatoms. The molecule has 0 amide bonds. The Kier molecular flexibility index (Phi) is 7.42. The predicted molar refractivity (Wildman–Crippen MR) is 116 cm³/mol. The third-order valence-corrected chi connectivity index (χ3v) is 11.5. The number of rotatable bonds is 6. The van der Waals surface area contributed by atoms with Gasteiger partial charge in [0.2, 0.25) is 0 Å². The van der Waals surface area contributed by atoms with E-state index in [0.29, 0.717) is 19.3 Å². The molecule has 10 unspecified atom stereocenters. The molecule has 228 valence electrons. The van der Waals surface area contributed by atoms with Crippen LogP contribution in [-0.2, 0) is 0 Å². The molecule has 4 rings (SSSR count). The highest BCUT2D eigenvalue weighted by atomic mass is 19.4. The van der Waals surface area contributed by atoms with Crippen LogP contribution in [0.25, 0.3) is 0 Å². The molecule has 4 fully saturated rings. The second-order valence-electron chi connectivity index (χ2n) is 13.2. The van der Waals surface area contributed by atoms with Crippen LogP contribution in [0.1, 0.15) is 65.7 Å². The highest BCUT2D eigenvalue weighted by Gasteiger charge is 2.72. The van der Waals surface area contributed by atoms with Crippen molar-refractivity contribution in [2.45, 2.75) is 96.0 Å². The predicted octanol–water partition coefficient (Wildman–Crippen LogP) is 8.96. The van der Waals surface area contributed by atoms with Crippen LogP contribution in [0.5, 0.6) is 0 Å². The fourth-order valence-corrected chi connectivity index (χ4v) is 9.11. The van der Waals surface area contributed by atoms with Crippen molar-refractivity contribution in [2.75, 3.05) is 0 Å². The van der Waals surface area contributed by atoms with Gasteiger partial charge in [0.1, 0.15) is 0 Å². The van der Waals surface area contributed by atoms with Gasteiger partial charge >= 0.3 is 24.7 Å². The summed E-state index contributed by atoms with van der Waals surface area (Å²) in [6, 6.07) is 0. The first-order valence-corrected chi connectivity index (χ1v) is 13.4. The van der Waals surface area contributed by atoms with Crippen LogP contribution in [0, 0.1) is 64.6 Å². The average Bonchev–Trinajstić information content (AvgIpc) is 3.47. The largest absolute Gasteiger partial charge is 0.426 e. The topological polar surface area (TPSA) is 20.2 Å². The lowest BCUT2D eigenvalue weighted by Crippen LogP contribution is -2.58. The van der Waals surface area contributed by atoms with Crippen LogP contribution >= 0.6 is 0 Å².